The van der Waals surface area contributed by atoms with Crippen molar-refractivity contribution >= 4 is 35.0 Å². The molecule has 0 unspecified atom stereocenters. The molecule has 5 nitrogen and oxygen atoms in total. The fourth-order valence-corrected chi connectivity index (χ4v) is 3.53. The van der Waals surface area contributed by atoms with E-state index in [1.807, 2.05) is 66.9 Å². The molecule has 0 saturated carbocycles. The number of rotatable bonds is 5. The maximum absolute atomic E-state index is 10.8. The van der Waals surface area contributed by atoms with Crippen LogP contribution in [0, 0.1) is 0 Å². The normalized spacial score (nSPS) is 10.8. The number of fused-ring (bicyclic) bond motifs is 1. The molecular weight excluding hydrogens is 344 g/mol. The van der Waals surface area contributed by atoms with Crippen LogP contribution in [0.25, 0.3) is 28.2 Å². The van der Waals surface area contributed by atoms with Crippen molar-refractivity contribution in [2.75, 3.05) is 11.6 Å². The number of anilines is 1. The number of nitrogens with one attached hydrogen (secondary N) is 1. The maximum Gasteiger partial charge on any atom is 0.211 e. The van der Waals surface area contributed by atoms with Gasteiger partial charge < -0.3 is 5.32 Å². The Balaban J connectivity index is 1.97. The lowest BCUT2D eigenvalue weighted by atomic mass is 10.2. The Kier molecular flexibility index (Phi) is 4.41. The second-order valence-corrected chi connectivity index (χ2v) is 6.48. The third-order valence-electron chi connectivity index (χ3n) is 4.11. The Hall–Kier alpha value is -3.12. The number of benzene rings is 2. The number of amides is 1. The zero-order valence-corrected chi connectivity index (χ0v) is 14.9. The van der Waals surface area contributed by atoms with E-state index in [0.717, 1.165) is 38.8 Å². The lowest BCUT2D eigenvalue weighted by Crippen LogP contribution is -2.01. The minimum atomic E-state index is 0.693. The molecule has 1 amide bonds. The summed E-state index contributed by atoms with van der Waals surface area (Å²) >= 11 is 1.58. The van der Waals surface area contributed by atoms with Gasteiger partial charge in [-0.05, 0) is 36.6 Å². The number of pyridine rings is 1. The summed E-state index contributed by atoms with van der Waals surface area (Å²) < 4.78 is 2.05. The lowest BCUT2D eigenvalue weighted by molar-refractivity contribution is -0.105. The van der Waals surface area contributed by atoms with Crippen LogP contribution in [0.15, 0.2) is 71.8 Å². The molecule has 1 N–H and O–H groups in total. The van der Waals surface area contributed by atoms with Crippen LogP contribution in [0.3, 0.4) is 0 Å². The average molecular weight is 360 g/mol. The lowest BCUT2D eigenvalue weighted by Gasteiger charge is -2.12. The number of nitrogens with zero attached hydrogens (tertiary/aromatic N) is 3. The molecule has 0 fully saturated rings. The van der Waals surface area contributed by atoms with Crippen LogP contribution in [-0.2, 0) is 4.79 Å². The van der Waals surface area contributed by atoms with Crippen LogP contribution in [-0.4, -0.2) is 27.2 Å². The van der Waals surface area contributed by atoms with Crippen molar-refractivity contribution < 1.29 is 4.79 Å². The molecule has 0 atom stereocenters. The van der Waals surface area contributed by atoms with Gasteiger partial charge in [0.2, 0.25) is 6.41 Å². The second kappa shape index (κ2) is 7.01. The van der Waals surface area contributed by atoms with Crippen molar-refractivity contribution in [3.8, 4) is 17.1 Å². The molecule has 0 spiro atoms. The molecule has 2 aromatic heterocycles. The van der Waals surface area contributed by atoms with Gasteiger partial charge in [-0.25, -0.2) is 9.97 Å². The van der Waals surface area contributed by atoms with Crippen molar-refractivity contribution in [2.24, 2.45) is 0 Å². The summed E-state index contributed by atoms with van der Waals surface area (Å²) in [5, 5.41) is 2.74. The fourth-order valence-electron chi connectivity index (χ4n) is 2.94. The Morgan fingerprint density at radius 2 is 1.92 bits per heavy atom. The standard InChI is InChI=1S/C20H16N4OS/c1-26-18-12-15(9-10-16(18)22-13-25)24-19(14-6-3-2-4-7-14)23-17-8-5-11-21-20(17)24/h2-13H,1H3,(H,22,25). The van der Waals surface area contributed by atoms with Gasteiger partial charge in [0.05, 0.1) is 11.4 Å². The first-order valence-electron chi connectivity index (χ1n) is 8.09. The summed E-state index contributed by atoms with van der Waals surface area (Å²) in [6.07, 6.45) is 4.45. The number of hydrogen-bond acceptors (Lipinski definition) is 4. The third-order valence-corrected chi connectivity index (χ3v) is 4.88. The van der Waals surface area contributed by atoms with Gasteiger partial charge in [0.1, 0.15) is 11.3 Å². The van der Waals surface area contributed by atoms with Gasteiger partial charge in [0.25, 0.3) is 0 Å². The molecule has 4 rings (SSSR count). The van der Waals surface area contributed by atoms with E-state index < -0.39 is 0 Å². The first-order chi connectivity index (χ1) is 12.8. The fraction of sp³-hybridized carbons (Fsp3) is 0.0500. The molecule has 0 aliphatic rings. The Bertz CT molecular complexity index is 1080. The largest absolute Gasteiger partial charge is 0.328 e. The van der Waals surface area contributed by atoms with Crippen LogP contribution in [0.1, 0.15) is 0 Å². The smallest absolute Gasteiger partial charge is 0.211 e. The molecule has 0 radical (unpaired) electrons. The molecule has 0 aliphatic carbocycles. The summed E-state index contributed by atoms with van der Waals surface area (Å²) in [5.41, 5.74) is 4.40. The van der Waals surface area contributed by atoms with E-state index in [2.05, 4.69) is 14.9 Å². The predicted molar refractivity (Wildman–Crippen MR) is 106 cm³/mol. The molecule has 2 aromatic carbocycles. The van der Waals surface area contributed by atoms with Gasteiger partial charge >= 0.3 is 0 Å². The van der Waals surface area contributed by atoms with E-state index in [0.29, 0.717) is 6.41 Å². The molecule has 0 aliphatic heterocycles. The number of aromatic nitrogens is 3. The number of imidazole rings is 1. The highest BCUT2D eigenvalue weighted by Gasteiger charge is 2.16. The molecular formula is C20H16N4OS. The molecule has 4 aromatic rings. The topological polar surface area (TPSA) is 59.8 Å². The van der Waals surface area contributed by atoms with Gasteiger partial charge in [-0.3, -0.25) is 9.36 Å². The summed E-state index contributed by atoms with van der Waals surface area (Å²) in [5.74, 6) is 0.836. The SMILES string of the molecule is CSc1cc(-n2c(-c3ccccc3)nc3cccnc32)ccc1NC=O. The summed E-state index contributed by atoms with van der Waals surface area (Å²) in [4.78, 5) is 21.1. The average Bonchev–Trinajstić information content (AvgIpc) is 3.09. The minimum Gasteiger partial charge on any atom is -0.328 e. The number of hydrogen-bond donors (Lipinski definition) is 1. The Labute approximate surface area is 155 Å². The van der Waals surface area contributed by atoms with Gasteiger partial charge in [0.15, 0.2) is 5.65 Å². The van der Waals surface area contributed by atoms with E-state index in [9.17, 15) is 4.79 Å². The van der Waals surface area contributed by atoms with E-state index in [1.165, 1.54) is 0 Å². The van der Waals surface area contributed by atoms with Crippen LogP contribution >= 0.6 is 11.8 Å². The van der Waals surface area contributed by atoms with Crippen molar-refractivity contribution in [3.63, 3.8) is 0 Å². The predicted octanol–water partition coefficient (Wildman–Crippen LogP) is 4.38. The molecule has 128 valence electrons. The molecule has 0 bridgehead atoms. The van der Waals surface area contributed by atoms with E-state index in [4.69, 9.17) is 4.98 Å². The first kappa shape index (κ1) is 16.4. The van der Waals surface area contributed by atoms with Crippen LogP contribution in [0.4, 0.5) is 5.69 Å². The van der Waals surface area contributed by atoms with Gasteiger partial charge in [0, 0.05) is 16.7 Å². The third kappa shape index (κ3) is 2.84. The highest BCUT2D eigenvalue weighted by Crippen LogP contribution is 2.32. The zero-order chi connectivity index (χ0) is 17.9. The van der Waals surface area contributed by atoms with Crippen LogP contribution < -0.4 is 5.32 Å². The van der Waals surface area contributed by atoms with Crippen LogP contribution in [0.2, 0.25) is 0 Å². The molecule has 26 heavy (non-hydrogen) atoms. The Morgan fingerprint density at radius 3 is 2.69 bits per heavy atom. The zero-order valence-electron chi connectivity index (χ0n) is 14.1. The monoisotopic (exact) mass is 360 g/mol. The van der Waals surface area contributed by atoms with Crippen molar-refractivity contribution in [1.29, 1.82) is 0 Å². The molecule has 2 heterocycles. The summed E-state index contributed by atoms with van der Waals surface area (Å²) in [7, 11) is 0. The Morgan fingerprint density at radius 1 is 1.08 bits per heavy atom. The van der Waals surface area contributed by atoms with E-state index in [-0.39, 0.29) is 0 Å². The van der Waals surface area contributed by atoms with Crippen molar-refractivity contribution in [2.45, 2.75) is 4.90 Å². The van der Waals surface area contributed by atoms with Gasteiger partial charge in [-0.1, -0.05) is 30.3 Å². The van der Waals surface area contributed by atoms with Gasteiger partial charge in [-0.15, -0.1) is 11.8 Å². The summed E-state index contributed by atoms with van der Waals surface area (Å²) in [6, 6.07) is 19.8. The highest BCUT2D eigenvalue weighted by atomic mass is 32.2. The van der Waals surface area contributed by atoms with Crippen molar-refractivity contribution in [3.05, 3.63) is 66.9 Å². The van der Waals surface area contributed by atoms with Crippen LogP contribution in [0.5, 0.6) is 0 Å². The van der Waals surface area contributed by atoms with Gasteiger partial charge in [-0.2, -0.15) is 0 Å². The minimum absolute atomic E-state index is 0.693. The quantitative estimate of drug-likeness (QED) is 0.424. The summed E-state index contributed by atoms with van der Waals surface area (Å²) in [6.45, 7) is 0. The second-order valence-electron chi connectivity index (χ2n) is 5.63. The highest BCUT2D eigenvalue weighted by molar-refractivity contribution is 7.98. The molecule has 6 heteroatoms. The maximum atomic E-state index is 10.8. The first-order valence-corrected chi connectivity index (χ1v) is 9.32. The molecule has 0 saturated heterocycles. The number of thioether (sulfide) groups is 1. The van der Waals surface area contributed by atoms with E-state index in [1.54, 1.807) is 18.0 Å². The number of carbonyl (C=O) groups excluding carboxylic acids is 1. The number of carbonyl (C=O) groups is 1. The van der Waals surface area contributed by atoms with E-state index >= 15 is 0 Å². The van der Waals surface area contributed by atoms with Crippen molar-refractivity contribution in [1.82, 2.24) is 14.5 Å².